The molecule has 1 heterocycles. The Morgan fingerprint density at radius 2 is 1.70 bits per heavy atom. The summed E-state index contributed by atoms with van der Waals surface area (Å²) in [5.41, 5.74) is 2.26. The number of hydrogen-bond acceptors (Lipinski definition) is 2. The van der Waals surface area contributed by atoms with Crippen LogP contribution in [0.1, 0.15) is 56.2 Å². The number of likely N-dealkylation sites (tertiary alicyclic amines) is 1. The first kappa shape index (κ1) is 21.9. The highest BCUT2D eigenvalue weighted by molar-refractivity contribution is 5.81. The zero-order valence-corrected chi connectivity index (χ0v) is 18.0. The molecule has 3 amide bonds. The molecule has 0 aromatic heterocycles. The lowest BCUT2D eigenvalue weighted by Crippen LogP contribution is -2.51. The molecule has 3 atom stereocenters. The molecule has 30 heavy (non-hydrogen) atoms. The first-order chi connectivity index (χ1) is 14.6. The van der Waals surface area contributed by atoms with Gasteiger partial charge in [0.25, 0.3) is 0 Å². The van der Waals surface area contributed by atoms with Gasteiger partial charge in [0.05, 0.1) is 12.0 Å². The van der Waals surface area contributed by atoms with E-state index in [-0.39, 0.29) is 29.8 Å². The maximum absolute atomic E-state index is 13.1. The van der Waals surface area contributed by atoms with Crippen molar-refractivity contribution in [1.29, 1.82) is 0 Å². The van der Waals surface area contributed by atoms with Gasteiger partial charge in [-0.1, -0.05) is 74.0 Å². The van der Waals surface area contributed by atoms with Crippen LogP contribution in [0.3, 0.4) is 0 Å². The number of rotatable bonds is 7. The third kappa shape index (κ3) is 5.85. The zero-order valence-electron chi connectivity index (χ0n) is 18.0. The van der Waals surface area contributed by atoms with Gasteiger partial charge in [0.1, 0.15) is 0 Å². The molecule has 5 nitrogen and oxygen atoms in total. The molecule has 1 aliphatic rings. The molecule has 0 unspecified atom stereocenters. The highest BCUT2D eigenvalue weighted by Crippen LogP contribution is 2.31. The molecule has 0 spiro atoms. The van der Waals surface area contributed by atoms with Crippen molar-refractivity contribution in [3.8, 4) is 0 Å². The predicted octanol–water partition coefficient (Wildman–Crippen LogP) is 4.48. The van der Waals surface area contributed by atoms with Gasteiger partial charge < -0.3 is 15.5 Å². The SMILES string of the molecule is CCCCNC(=O)N1C[C@H](C(=O)N[C@H](C)c2ccccc2)C[C@@H](c2ccccc2)C1. The fraction of sp³-hybridized carbons (Fsp3) is 0.440. The highest BCUT2D eigenvalue weighted by atomic mass is 16.2. The zero-order chi connectivity index (χ0) is 21.3. The minimum atomic E-state index is -0.230. The van der Waals surface area contributed by atoms with Crippen LogP contribution < -0.4 is 10.6 Å². The lowest BCUT2D eigenvalue weighted by molar-refractivity contribution is -0.127. The number of amides is 3. The van der Waals surface area contributed by atoms with E-state index < -0.39 is 0 Å². The molecule has 0 aliphatic carbocycles. The molecular weight excluding hydrogens is 374 g/mol. The standard InChI is InChI=1S/C25H33N3O2/c1-3-4-15-26-25(30)28-17-22(21-13-9-6-10-14-21)16-23(18-28)24(29)27-19(2)20-11-7-5-8-12-20/h5-14,19,22-23H,3-4,15-18H2,1-2H3,(H,26,30)(H,27,29)/t19-,22-,23-/m1/s1. The van der Waals surface area contributed by atoms with E-state index in [1.54, 1.807) is 0 Å². The van der Waals surface area contributed by atoms with Crippen molar-refractivity contribution >= 4 is 11.9 Å². The topological polar surface area (TPSA) is 61.4 Å². The van der Waals surface area contributed by atoms with Gasteiger partial charge in [0.15, 0.2) is 0 Å². The fourth-order valence-electron chi connectivity index (χ4n) is 4.06. The van der Waals surface area contributed by atoms with Crippen molar-refractivity contribution < 1.29 is 9.59 Å². The Balaban J connectivity index is 1.71. The number of nitrogens with zero attached hydrogens (tertiary/aromatic N) is 1. The van der Waals surface area contributed by atoms with Gasteiger partial charge in [0, 0.05) is 25.6 Å². The number of piperidine rings is 1. The fourth-order valence-corrected chi connectivity index (χ4v) is 4.06. The molecule has 1 saturated heterocycles. The Bertz CT molecular complexity index is 810. The largest absolute Gasteiger partial charge is 0.349 e. The number of unbranched alkanes of at least 4 members (excludes halogenated alkanes) is 1. The minimum absolute atomic E-state index is 0.0124. The summed E-state index contributed by atoms with van der Waals surface area (Å²) >= 11 is 0. The molecule has 2 aromatic rings. The van der Waals surface area contributed by atoms with E-state index in [1.165, 1.54) is 5.56 Å². The van der Waals surface area contributed by atoms with Crippen molar-refractivity contribution in [1.82, 2.24) is 15.5 Å². The molecule has 2 N–H and O–H groups in total. The van der Waals surface area contributed by atoms with Crippen LogP contribution in [0, 0.1) is 5.92 Å². The average molecular weight is 408 g/mol. The van der Waals surface area contributed by atoms with E-state index >= 15 is 0 Å². The summed E-state index contributed by atoms with van der Waals surface area (Å²) < 4.78 is 0. The van der Waals surface area contributed by atoms with Crippen molar-refractivity contribution in [3.63, 3.8) is 0 Å². The van der Waals surface area contributed by atoms with Gasteiger partial charge in [-0.25, -0.2) is 4.79 Å². The molecule has 1 fully saturated rings. The number of benzene rings is 2. The number of carbonyl (C=O) groups is 2. The maximum atomic E-state index is 13.1. The summed E-state index contributed by atoms with van der Waals surface area (Å²) in [5, 5.41) is 6.16. The number of urea groups is 1. The van der Waals surface area contributed by atoms with E-state index in [0.717, 1.165) is 24.8 Å². The van der Waals surface area contributed by atoms with Crippen LogP contribution in [-0.4, -0.2) is 36.5 Å². The van der Waals surface area contributed by atoms with Crippen LogP contribution in [0.25, 0.3) is 0 Å². The summed E-state index contributed by atoms with van der Waals surface area (Å²) in [7, 11) is 0. The van der Waals surface area contributed by atoms with Crippen LogP contribution in [-0.2, 0) is 4.79 Å². The van der Waals surface area contributed by atoms with E-state index in [0.29, 0.717) is 19.6 Å². The molecular formula is C25H33N3O2. The van der Waals surface area contributed by atoms with Crippen LogP contribution in [0.15, 0.2) is 60.7 Å². The minimum Gasteiger partial charge on any atom is -0.349 e. The molecule has 3 rings (SSSR count). The molecule has 2 aromatic carbocycles. The first-order valence-electron chi connectivity index (χ1n) is 11.0. The summed E-state index contributed by atoms with van der Waals surface area (Å²) in [4.78, 5) is 27.7. The Labute approximate surface area is 179 Å². The second-order valence-corrected chi connectivity index (χ2v) is 8.17. The lowest BCUT2D eigenvalue weighted by Gasteiger charge is -2.37. The molecule has 160 valence electrons. The Morgan fingerprint density at radius 3 is 2.37 bits per heavy atom. The predicted molar refractivity (Wildman–Crippen MR) is 120 cm³/mol. The van der Waals surface area contributed by atoms with Crippen molar-refractivity contribution in [2.75, 3.05) is 19.6 Å². The Hall–Kier alpha value is -2.82. The third-order valence-corrected chi connectivity index (χ3v) is 5.84. The smallest absolute Gasteiger partial charge is 0.317 e. The number of nitrogens with one attached hydrogen (secondary N) is 2. The van der Waals surface area contributed by atoms with Gasteiger partial charge in [-0.05, 0) is 30.9 Å². The van der Waals surface area contributed by atoms with E-state index in [1.807, 2.05) is 60.4 Å². The molecule has 1 aliphatic heterocycles. The highest BCUT2D eigenvalue weighted by Gasteiger charge is 2.34. The number of hydrogen-bond donors (Lipinski definition) is 2. The van der Waals surface area contributed by atoms with E-state index in [9.17, 15) is 9.59 Å². The van der Waals surface area contributed by atoms with Crippen LogP contribution >= 0.6 is 0 Å². The number of carbonyl (C=O) groups excluding carboxylic acids is 2. The molecule has 5 heteroatoms. The van der Waals surface area contributed by atoms with Gasteiger partial charge in [-0.2, -0.15) is 0 Å². The Morgan fingerprint density at radius 1 is 1.03 bits per heavy atom. The summed E-state index contributed by atoms with van der Waals surface area (Å²) in [6, 6.07) is 20.0. The summed E-state index contributed by atoms with van der Waals surface area (Å²) in [6.07, 6.45) is 2.74. The van der Waals surface area contributed by atoms with Crippen molar-refractivity contribution in [2.45, 2.75) is 45.1 Å². The van der Waals surface area contributed by atoms with Gasteiger partial charge in [-0.15, -0.1) is 0 Å². The second-order valence-electron chi connectivity index (χ2n) is 8.17. The van der Waals surface area contributed by atoms with Crippen LogP contribution in [0.4, 0.5) is 4.79 Å². The van der Waals surface area contributed by atoms with Gasteiger partial charge in [-0.3, -0.25) is 4.79 Å². The van der Waals surface area contributed by atoms with E-state index in [4.69, 9.17) is 0 Å². The lowest BCUT2D eigenvalue weighted by atomic mass is 9.84. The summed E-state index contributed by atoms with van der Waals surface area (Å²) in [5.74, 6) is -0.0648. The maximum Gasteiger partial charge on any atom is 0.317 e. The van der Waals surface area contributed by atoms with Gasteiger partial charge >= 0.3 is 6.03 Å². The Kier molecular flexibility index (Phi) is 7.89. The molecule has 0 radical (unpaired) electrons. The van der Waals surface area contributed by atoms with Gasteiger partial charge in [0.2, 0.25) is 5.91 Å². The second kappa shape index (κ2) is 10.8. The van der Waals surface area contributed by atoms with Crippen LogP contribution in [0.5, 0.6) is 0 Å². The quantitative estimate of drug-likeness (QED) is 0.665. The third-order valence-electron chi connectivity index (χ3n) is 5.84. The van der Waals surface area contributed by atoms with Crippen molar-refractivity contribution in [2.24, 2.45) is 5.92 Å². The normalized spacial score (nSPS) is 19.7. The van der Waals surface area contributed by atoms with Crippen LogP contribution in [0.2, 0.25) is 0 Å². The first-order valence-corrected chi connectivity index (χ1v) is 11.0. The van der Waals surface area contributed by atoms with Crippen molar-refractivity contribution in [3.05, 3.63) is 71.8 Å². The molecule has 0 saturated carbocycles. The average Bonchev–Trinajstić information content (AvgIpc) is 2.80. The molecule has 0 bridgehead atoms. The van der Waals surface area contributed by atoms with E-state index in [2.05, 4.69) is 29.7 Å². The summed E-state index contributed by atoms with van der Waals surface area (Å²) in [6.45, 7) is 5.87. The monoisotopic (exact) mass is 407 g/mol.